The van der Waals surface area contributed by atoms with Crippen molar-refractivity contribution < 1.29 is 8.42 Å². The third-order valence-corrected chi connectivity index (χ3v) is 6.96. The molecule has 1 saturated heterocycles. The summed E-state index contributed by atoms with van der Waals surface area (Å²) in [6, 6.07) is -0.0523. The molecule has 0 aromatic carbocycles. The Kier molecular flexibility index (Phi) is 4.45. The number of anilines is 1. The van der Waals surface area contributed by atoms with Crippen LogP contribution in [-0.2, 0) is 22.9 Å². The second-order valence-corrected chi connectivity index (χ2v) is 10.0. The van der Waals surface area contributed by atoms with Gasteiger partial charge >= 0.3 is 0 Å². The maximum absolute atomic E-state index is 11.6. The minimum absolute atomic E-state index is 0.0523. The first-order chi connectivity index (χ1) is 11.9. The largest absolute Gasteiger partial charge is 0.354 e. The van der Waals surface area contributed by atoms with Crippen LogP contribution in [0.3, 0.4) is 0 Å². The van der Waals surface area contributed by atoms with Crippen LogP contribution in [0.15, 0.2) is 0 Å². The number of nitrogens with one attached hydrogen (secondary N) is 1. The minimum atomic E-state index is -3.19. The summed E-state index contributed by atoms with van der Waals surface area (Å²) in [5, 5.41) is 1.21. The average molecular weight is 381 g/mol. The van der Waals surface area contributed by atoms with Gasteiger partial charge in [0, 0.05) is 24.0 Å². The van der Waals surface area contributed by atoms with Crippen LogP contribution in [0.25, 0.3) is 10.2 Å². The first-order valence-electron chi connectivity index (χ1n) is 8.92. The van der Waals surface area contributed by atoms with Gasteiger partial charge in [0.25, 0.3) is 0 Å². The van der Waals surface area contributed by atoms with E-state index in [1.165, 1.54) is 34.9 Å². The molecule has 2 aromatic rings. The Hall–Kier alpha value is -1.25. The number of aromatic nitrogens is 2. The van der Waals surface area contributed by atoms with Crippen molar-refractivity contribution in [1.82, 2.24) is 14.7 Å². The molecule has 3 heterocycles. The standard InChI is InChI=1S/C17H24N4O2S2/c1-11-18-16(21-9-5-6-12(10-21)20-25(2,22)23)15-13-7-3-4-8-14(13)24-17(15)19-11/h12,20H,3-10H2,1-2H3. The molecule has 1 aliphatic heterocycles. The van der Waals surface area contributed by atoms with Crippen molar-refractivity contribution >= 4 is 37.4 Å². The molecule has 1 unspecified atom stereocenters. The molecule has 1 fully saturated rings. The summed E-state index contributed by atoms with van der Waals surface area (Å²) in [5.41, 5.74) is 1.43. The van der Waals surface area contributed by atoms with E-state index in [2.05, 4.69) is 14.6 Å². The van der Waals surface area contributed by atoms with E-state index in [0.29, 0.717) is 6.54 Å². The summed E-state index contributed by atoms with van der Waals surface area (Å²) in [6.45, 7) is 3.53. The Balaban J connectivity index is 1.74. The number of thiophene rings is 1. The van der Waals surface area contributed by atoms with E-state index in [-0.39, 0.29) is 6.04 Å². The van der Waals surface area contributed by atoms with Crippen LogP contribution in [0.5, 0.6) is 0 Å². The van der Waals surface area contributed by atoms with Crippen molar-refractivity contribution in [2.24, 2.45) is 0 Å². The zero-order valence-electron chi connectivity index (χ0n) is 14.7. The van der Waals surface area contributed by atoms with Crippen molar-refractivity contribution in [1.29, 1.82) is 0 Å². The molecule has 0 radical (unpaired) electrons. The number of hydrogen-bond donors (Lipinski definition) is 1. The Morgan fingerprint density at radius 1 is 1.20 bits per heavy atom. The predicted octanol–water partition coefficient (Wildman–Crippen LogP) is 2.40. The highest BCUT2D eigenvalue weighted by Gasteiger charge is 2.27. The molecule has 4 rings (SSSR count). The summed E-state index contributed by atoms with van der Waals surface area (Å²) in [6.07, 6.45) is 7.80. The highest BCUT2D eigenvalue weighted by atomic mass is 32.2. The third-order valence-electron chi connectivity index (χ3n) is 5.01. The lowest BCUT2D eigenvalue weighted by Gasteiger charge is -2.34. The average Bonchev–Trinajstić information content (AvgIpc) is 2.90. The first kappa shape index (κ1) is 17.2. The highest BCUT2D eigenvalue weighted by molar-refractivity contribution is 7.88. The van der Waals surface area contributed by atoms with Crippen molar-refractivity contribution in [2.45, 2.75) is 51.5 Å². The molecule has 2 aliphatic rings. The van der Waals surface area contributed by atoms with Gasteiger partial charge in [-0.25, -0.2) is 23.1 Å². The van der Waals surface area contributed by atoms with Crippen LogP contribution in [0.2, 0.25) is 0 Å². The van der Waals surface area contributed by atoms with Gasteiger partial charge < -0.3 is 4.90 Å². The molecule has 1 aliphatic carbocycles. The van der Waals surface area contributed by atoms with Gasteiger partial charge in [-0.2, -0.15) is 0 Å². The number of aryl methyl sites for hydroxylation is 3. The number of rotatable bonds is 3. The lowest BCUT2D eigenvalue weighted by atomic mass is 9.96. The number of hydrogen-bond acceptors (Lipinski definition) is 6. The van der Waals surface area contributed by atoms with Crippen molar-refractivity contribution in [3.8, 4) is 0 Å². The molecule has 6 nitrogen and oxygen atoms in total. The fraction of sp³-hybridized carbons (Fsp3) is 0.647. The van der Waals surface area contributed by atoms with Crippen LogP contribution in [0.4, 0.5) is 5.82 Å². The Morgan fingerprint density at radius 3 is 2.80 bits per heavy atom. The van der Waals surface area contributed by atoms with Crippen LogP contribution < -0.4 is 9.62 Å². The minimum Gasteiger partial charge on any atom is -0.354 e. The Labute approximate surface area is 152 Å². The molecule has 1 N–H and O–H groups in total. The molecule has 136 valence electrons. The summed E-state index contributed by atoms with van der Waals surface area (Å²) in [5.74, 6) is 1.79. The summed E-state index contributed by atoms with van der Waals surface area (Å²) < 4.78 is 26.0. The van der Waals surface area contributed by atoms with E-state index in [9.17, 15) is 8.42 Å². The Morgan fingerprint density at radius 2 is 2.00 bits per heavy atom. The highest BCUT2D eigenvalue weighted by Crippen LogP contribution is 2.40. The van der Waals surface area contributed by atoms with Crippen molar-refractivity contribution in [3.05, 3.63) is 16.3 Å². The number of nitrogens with zero attached hydrogens (tertiary/aromatic N) is 3. The topological polar surface area (TPSA) is 75.2 Å². The monoisotopic (exact) mass is 380 g/mol. The third kappa shape index (κ3) is 3.52. The van der Waals surface area contributed by atoms with Crippen LogP contribution in [-0.4, -0.2) is 43.8 Å². The van der Waals surface area contributed by atoms with Gasteiger partial charge in [-0.05, 0) is 51.0 Å². The summed E-state index contributed by atoms with van der Waals surface area (Å²) in [7, 11) is -3.19. The second-order valence-electron chi connectivity index (χ2n) is 7.16. The molecule has 0 amide bonds. The van der Waals surface area contributed by atoms with E-state index in [1.807, 2.05) is 18.3 Å². The maximum atomic E-state index is 11.6. The molecular formula is C17H24N4O2S2. The van der Waals surface area contributed by atoms with Crippen molar-refractivity contribution in [2.75, 3.05) is 24.2 Å². The fourth-order valence-corrected chi connectivity index (χ4v) is 6.14. The van der Waals surface area contributed by atoms with Gasteiger partial charge in [-0.15, -0.1) is 11.3 Å². The van der Waals surface area contributed by atoms with Crippen LogP contribution in [0, 0.1) is 6.92 Å². The molecule has 0 saturated carbocycles. The second kappa shape index (κ2) is 6.48. The number of fused-ring (bicyclic) bond motifs is 3. The molecule has 0 spiro atoms. The SMILES string of the molecule is Cc1nc(N2CCCC(NS(C)(=O)=O)C2)c2c3c(sc2n1)CCCC3. The van der Waals surface area contributed by atoms with E-state index >= 15 is 0 Å². The molecule has 25 heavy (non-hydrogen) atoms. The lowest BCUT2D eigenvalue weighted by Crippen LogP contribution is -2.47. The van der Waals surface area contributed by atoms with Gasteiger partial charge in [0.1, 0.15) is 16.5 Å². The summed E-state index contributed by atoms with van der Waals surface area (Å²) >= 11 is 1.81. The molecule has 1 atom stereocenters. The van der Waals surface area contributed by atoms with E-state index < -0.39 is 10.0 Å². The number of piperidine rings is 1. The number of sulfonamides is 1. The zero-order chi connectivity index (χ0) is 17.6. The van der Waals surface area contributed by atoms with Gasteiger partial charge in [0.15, 0.2) is 0 Å². The van der Waals surface area contributed by atoms with E-state index in [0.717, 1.165) is 48.7 Å². The Bertz CT molecular complexity index is 907. The van der Waals surface area contributed by atoms with Crippen LogP contribution in [0.1, 0.15) is 41.9 Å². The fourth-order valence-electron chi connectivity index (χ4n) is 4.04. The molecule has 2 aromatic heterocycles. The normalized spacial score (nSPS) is 21.5. The maximum Gasteiger partial charge on any atom is 0.209 e. The van der Waals surface area contributed by atoms with E-state index in [1.54, 1.807) is 0 Å². The molecule has 0 bridgehead atoms. The van der Waals surface area contributed by atoms with Crippen LogP contribution >= 0.6 is 11.3 Å². The van der Waals surface area contributed by atoms with Gasteiger partial charge in [0.2, 0.25) is 10.0 Å². The molecule has 8 heteroatoms. The smallest absolute Gasteiger partial charge is 0.209 e. The zero-order valence-corrected chi connectivity index (χ0v) is 16.3. The first-order valence-corrected chi connectivity index (χ1v) is 11.6. The molecular weight excluding hydrogens is 356 g/mol. The summed E-state index contributed by atoms with van der Waals surface area (Å²) in [4.78, 5) is 14.3. The van der Waals surface area contributed by atoms with Gasteiger partial charge in [-0.3, -0.25) is 0 Å². The van der Waals surface area contributed by atoms with Crippen molar-refractivity contribution in [3.63, 3.8) is 0 Å². The quantitative estimate of drug-likeness (QED) is 0.885. The predicted molar refractivity (Wildman–Crippen MR) is 102 cm³/mol. The lowest BCUT2D eigenvalue weighted by molar-refractivity contribution is 0.466. The van der Waals surface area contributed by atoms with Gasteiger partial charge in [-0.1, -0.05) is 0 Å². The van der Waals surface area contributed by atoms with E-state index in [4.69, 9.17) is 4.98 Å². The van der Waals surface area contributed by atoms with Gasteiger partial charge in [0.05, 0.1) is 11.6 Å².